The Balaban J connectivity index is 0.00000364. The van der Waals surface area contributed by atoms with Gasteiger partial charge in [-0.25, -0.2) is 0 Å². The van der Waals surface area contributed by atoms with Crippen LogP contribution in [0.25, 0.3) is 0 Å². The summed E-state index contributed by atoms with van der Waals surface area (Å²) in [7, 11) is 0. The van der Waals surface area contributed by atoms with Gasteiger partial charge in [-0.1, -0.05) is 12.8 Å². The molecule has 2 N–H and O–H groups in total. The van der Waals surface area contributed by atoms with Crippen LogP contribution in [0.3, 0.4) is 0 Å². The van der Waals surface area contributed by atoms with Crippen molar-refractivity contribution in [3.63, 3.8) is 0 Å². The Morgan fingerprint density at radius 2 is 1.44 bits per heavy atom. The maximum atomic E-state index is 5.63. The first-order chi connectivity index (χ1) is 12.7. The molecule has 0 aromatic rings. The third-order valence-electron chi connectivity index (χ3n) is 6.13. The Hall–Kier alpha value is -0.0800. The SMILES string of the molecule is CCNC(=NCC1(CCOCC)CCCC1)NCC1(CCOCC)CC1.I. The molecule has 2 rings (SSSR count). The molecule has 27 heavy (non-hydrogen) atoms. The number of halogens is 1. The molecule has 0 amide bonds. The van der Waals surface area contributed by atoms with Crippen molar-refractivity contribution in [2.75, 3.05) is 46.1 Å². The summed E-state index contributed by atoms with van der Waals surface area (Å²) in [5, 5.41) is 7.05. The molecule has 0 aromatic heterocycles. The average Bonchev–Trinajstić information content (AvgIpc) is 3.26. The highest BCUT2D eigenvalue weighted by molar-refractivity contribution is 14.0. The zero-order chi connectivity index (χ0) is 18.7. The molecule has 0 radical (unpaired) electrons. The Morgan fingerprint density at radius 3 is 1.96 bits per heavy atom. The van der Waals surface area contributed by atoms with E-state index in [0.29, 0.717) is 10.8 Å². The lowest BCUT2D eigenvalue weighted by atomic mass is 9.83. The van der Waals surface area contributed by atoms with Gasteiger partial charge in [-0.2, -0.15) is 0 Å². The quantitative estimate of drug-likeness (QED) is 0.173. The molecule has 5 nitrogen and oxygen atoms in total. The van der Waals surface area contributed by atoms with Crippen LogP contribution in [0.5, 0.6) is 0 Å². The lowest BCUT2D eigenvalue weighted by Gasteiger charge is -2.27. The number of nitrogens with one attached hydrogen (secondary N) is 2. The molecule has 2 aliphatic carbocycles. The minimum absolute atomic E-state index is 0. The van der Waals surface area contributed by atoms with Gasteiger partial charge < -0.3 is 20.1 Å². The first-order valence-electron chi connectivity index (χ1n) is 10.9. The molecular formula is C21H42IN3O2. The van der Waals surface area contributed by atoms with Crippen molar-refractivity contribution in [2.24, 2.45) is 15.8 Å². The molecule has 2 saturated carbocycles. The summed E-state index contributed by atoms with van der Waals surface area (Å²) in [6, 6.07) is 0. The maximum absolute atomic E-state index is 5.63. The van der Waals surface area contributed by atoms with Crippen molar-refractivity contribution in [1.82, 2.24) is 10.6 Å². The smallest absolute Gasteiger partial charge is 0.191 e. The van der Waals surface area contributed by atoms with E-state index in [0.717, 1.165) is 64.9 Å². The van der Waals surface area contributed by atoms with Crippen molar-refractivity contribution in [3.05, 3.63) is 0 Å². The second-order valence-electron chi connectivity index (χ2n) is 8.15. The zero-order valence-corrected chi connectivity index (χ0v) is 20.1. The number of aliphatic imine (C=N–C) groups is 1. The highest BCUT2D eigenvalue weighted by Crippen LogP contribution is 2.48. The molecule has 0 atom stereocenters. The minimum atomic E-state index is 0. The first kappa shape index (κ1) is 25.0. The van der Waals surface area contributed by atoms with Crippen LogP contribution >= 0.6 is 24.0 Å². The van der Waals surface area contributed by atoms with E-state index in [9.17, 15) is 0 Å². The van der Waals surface area contributed by atoms with Crippen molar-refractivity contribution in [2.45, 2.75) is 72.1 Å². The maximum Gasteiger partial charge on any atom is 0.191 e. The van der Waals surface area contributed by atoms with Crippen LogP contribution in [-0.2, 0) is 9.47 Å². The van der Waals surface area contributed by atoms with E-state index in [1.165, 1.54) is 38.5 Å². The third-order valence-corrected chi connectivity index (χ3v) is 6.13. The van der Waals surface area contributed by atoms with Gasteiger partial charge in [0.15, 0.2) is 5.96 Å². The van der Waals surface area contributed by atoms with Gasteiger partial charge in [0, 0.05) is 46.1 Å². The number of rotatable bonds is 13. The van der Waals surface area contributed by atoms with Gasteiger partial charge in [0.05, 0.1) is 0 Å². The molecular weight excluding hydrogens is 453 g/mol. The fraction of sp³-hybridized carbons (Fsp3) is 0.952. The number of guanidine groups is 1. The number of hydrogen-bond donors (Lipinski definition) is 2. The lowest BCUT2D eigenvalue weighted by Crippen LogP contribution is -2.41. The van der Waals surface area contributed by atoms with Gasteiger partial charge in [0.1, 0.15) is 0 Å². The molecule has 0 saturated heterocycles. The summed E-state index contributed by atoms with van der Waals surface area (Å²) in [4.78, 5) is 4.98. The average molecular weight is 495 g/mol. The number of hydrogen-bond acceptors (Lipinski definition) is 3. The predicted octanol–water partition coefficient (Wildman–Crippen LogP) is 4.35. The Kier molecular flexibility index (Phi) is 12.2. The Labute approximate surface area is 183 Å². The molecule has 0 aliphatic heterocycles. The standard InChI is InChI=1S/C21H41N3O2.HI/c1-4-22-19(24-18-21(11-12-21)14-16-26-6-3)23-17-20(9-7-8-10-20)13-15-25-5-2;/h4-18H2,1-3H3,(H2,22,23,24);1H. The van der Waals surface area contributed by atoms with Gasteiger partial charge >= 0.3 is 0 Å². The van der Waals surface area contributed by atoms with Gasteiger partial charge in [-0.15, -0.1) is 24.0 Å². The lowest BCUT2D eigenvalue weighted by molar-refractivity contribution is 0.107. The molecule has 0 aromatic carbocycles. The minimum Gasteiger partial charge on any atom is -0.382 e. The second kappa shape index (κ2) is 13.2. The van der Waals surface area contributed by atoms with Gasteiger partial charge in [-0.05, 0) is 70.1 Å². The molecule has 0 heterocycles. The Morgan fingerprint density at radius 1 is 0.852 bits per heavy atom. The van der Waals surface area contributed by atoms with Crippen molar-refractivity contribution in [3.8, 4) is 0 Å². The fourth-order valence-corrected chi connectivity index (χ4v) is 4.03. The predicted molar refractivity (Wildman–Crippen MR) is 124 cm³/mol. The van der Waals surface area contributed by atoms with Crippen LogP contribution in [0.1, 0.15) is 72.1 Å². The van der Waals surface area contributed by atoms with Crippen LogP contribution in [0.15, 0.2) is 4.99 Å². The highest BCUT2D eigenvalue weighted by atomic mass is 127. The van der Waals surface area contributed by atoms with Crippen LogP contribution in [-0.4, -0.2) is 52.0 Å². The third kappa shape index (κ3) is 8.86. The van der Waals surface area contributed by atoms with E-state index in [4.69, 9.17) is 14.5 Å². The largest absolute Gasteiger partial charge is 0.382 e. The zero-order valence-electron chi connectivity index (χ0n) is 17.8. The van der Waals surface area contributed by atoms with Crippen molar-refractivity contribution >= 4 is 29.9 Å². The molecule has 0 bridgehead atoms. The normalized spacial score (nSPS) is 20.2. The van der Waals surface area contributed by atoms with Gasteiger partial charge in [0.25, 0.3) is 0 Å². The summed E-state index contributed by atoms with van der Waals surface area (Å²) >= 11 is 0. The van der Waals surface area contributed by atoms with Crippen LogP contribution in [0, 0.1) is 10.8 Å². The van der Waals surface area contributed by atoms with Crippen LogP contribution < -0.4 is 10.6 Å². The molecule has 0 unspecified atom stereocenters. The molecule has 0 spiro atoms. The summed E-state index contributed by atoms with van der Waals surface area (Å²) in [6.07, 6.45) is 10.2. The highest BCUT2D eigenvalue weighted by Gasteiger charge is 2.42. The topological polar surface area (TPSA) is 54.9 Å². The first-order valence-corrected chi connectivity index (χ1v) is 10.9. The van der Waals surface area contributed by atoms with Gasteiger partial charge in [0.2, 0.25) is 0 Å². The summed E-state index contributed by atoms with van der Waals surface area (Å²) in [5.74, 6) is 0.984. The van der Waals surface area contributed by atoms with E-state index in [1.807, 2.05) is 0 Å². The fourth-order valence-electron chi connectivity index (χ4n) is 4.03. The van der Waals surface area contributed by atoms with Crippen molar-refractivity contribution < 1.29 is 9.47 Å². The van der Waals surface area contributed by atoms with E-state index in [-0.39, 0.29) is 24.0 Å². The number of ether oxygens (including phenoxy) is 2. The summed E-state index contributed by atoms with van der Waals surface area (Å²) in [6.45, 7) is 12.5. The van der Waals surface area contributed by atoms with E-state index >= 15 is 0 Å². The van der Waals surface area contributed by atoms with Crippen molar-refractivity contribution in [1.29, 1.82) is 0 Å². The summed E-state index contributed by atoms with van der Waals surface area (Å²) in [5.41, 5.74) is 0.787. The Bertz CT molecular complexity index is 422. The van der Waals surface area contributed by atoms with E-state index in [2.05, 4.69) is 31.4 Å². The van der Waals surface area contributed by atoms with Gasteiger partial charge in [-0.3, -0.25) is 4.99 Å². The molecule has 160 valence electrons. The van der Waals surface area contributed by atoms with Crippen LogP contribution in [0.4, 0.5) is 0 Å². The monoisotopic (exact) mass is 495 g/mol. The number of nitrogens with zero attached hydrogens (tertiary/aromatic N) is 1. The molecule has 2 aliphatic rings. The van der Waals surface area contributed by atoms with E-state index < -0.39 is 0 Å². The molecule has 2 fully saturated rings. The summed E-state index contributed by atoms with van der Waals surface area (Å²) < 4.78 is 11.2. The second-order valence-corrected chi connectivity index (χ2v) is 8.15. The van der Waals surface area contributed by atoms with E-state index in [1.54, 1.807) is 0 Å². The molecule has 6 heteroatoms. The van der Waals surface area contributed by atoms with Crippen LogP contribution in [0.2, 0.25) is 0 Å².